The van der Waals surface area contributed by atoms with Gasteiger partial charge in [0.05, 0.1) is 0 Å². The molecule has 0 aliphatic heterocycles. The van der Waals surface area contributed by atoms with Crippen molar-refractivity contribution in [1.82, 2.24) is 4.98 Å². The highest BCUT2D eigenvalue weighted by atomic mass is 79.9. The predicted octanol–water partition coefficient (Wildman–Crippen LogP) is 1.72. The van der Waals surface area contributed by atoms with E-state index < -0.39 is 6.29 Å². The van der Waals surface area contributed by atoms with Crippen LogP contribution in [-0.2, 0) is 9.47 Å². The normalized spacial score (nSPS) is 10.8. The molecule has 1 aromatic rings. The number of nitrogens with zero attached hydrogens (tertiary/aromatic N) is 1. The third kappa shape index (κ3) is 2.40. The monoisotopic (exact) mass is 246 g/mol. The molecule has 0 spiro atoms. The Morgan fingerprint density at radius 3 is 2.54 bits per heavy atom. The molecule has 0 bridgehead atoms. The summed E-state index contributed by atoms with van der Waals surface area (Å²) in [5, 5.41) is 0. The number of halogens is 1. The van der Waals surface area contributed by atoms with Gasteiger partial charge < -0.3 is 15.2 Å². The van der Waals surface area contributed by atoms with Gasteiger partial charge in [-0.1, -0.05) is 0 Å². The molecule has 1 heterocycles. The van der Waals surface area contributed by atoms with Crippen LogP contribution < -0.4 is 5.73 Å². The highest BCUT2D eigenvalue weighted by Crippen LogP contribution is 2.24. The molecule has 2 N–H and O–H groups in total. The summed E-state index contributed by atoms with van der Waals surface area (Å²) in [5.41, 5.74) is 6.18. The zero-order valence-corrected chi connectivity index (χ0v) is 9.04. The molecule has 72 valence electrons. The van der Waals surface area contributed by atoms with Crippen molar-refractivity contribution in [1.29, 1.82) is 0 Å². The minimum atomic E-state index is -0.488. The molecule has 1 aromatic heterocycles. The molecule has 13 heavy (non-hydrogen) atoms. The Kier molecular flexibility index (Phi) is 3.65. The largest absolute Gasteiger partial charge is 0.384 e. The van der Waals surface area contributed by atoms with Crippen LogP contribution in [0.2, 0.25) is 0 Å². The first-order valence-corrected chi connectivity index (χ1v) is 4.46. The molecular formula is C8H11BrN2O2. The van der Waals surface area contributed by atoms with Crippen molar-refractivity contribution in [3.63, 3.8) is 0 Å². The Morgan fingerprint density at radius 2 is 2.00 bits per heavy atom. The molecule has 0 fully saturated rings. The average molecular weight is 247 g/mol. The smallest absolute Gasteiger partial charge is 0.201 e. The minimum absolute atomic E-state index is 0.442. The third-order valence-electron chi connectivity index (χ3n) is 1.55. The van der Waals surface area contributed by atoms with Crippen LogP contribution in [-0.4, -0.2) is 19.2 Å². The lowest BCUT2D eigenvalue weighted by Crippen LogP contribution is -2.08. The first kappa shape index (κ1) is 10.4. The average Bonchev–Trinajstić information content (AvgIpc) is 2.13. The van der Waals surface area contributed by atoms with E-state index in [9.17, 15) is 0 Å². The van der Waals surface area contributed by atoms with Crippen molar-refractivity contribution >= 4 is 21.7 Å². The SMILES string of the molecule is COC(OC)c1nc(N)ccc1Br. The van der Waals surface area contributed by atoms with E-state index in [1.165, 1.54) is 0 Å². The number of hydrogen-bond acceptors (Lipinski definition) is 4. The highest BCUT2D eigenvalue weighted by molar-refractivity contribution is 9.10. The summed E-state index contributed by atoms with van der Waals surface area (Å²) in [6.45, 7) is 0. The van der Waals surface area contributed by atoms with Crippen molar-refractivity contribution in [3.05, 3.63) is 22.3 Å². The fourth-order valence-corrected chi connectivity index (χ4v) is 1.37. The molecule has 0 amide bonds. The molecule has 1 rings (SSSR count). The van der Waals surface area contributed by atoms with Gasteiger partial charge in [0.15, 0.2) is 0 Å². The number of nitrogens with two attached hydrogens (primary N) is 1. The third-order valence-corrected chi connectivity index (χ3v) is 2.22. The van der Waals surface area contributed by atoms with Crippen LogP contribution >= 0.6 is 15.9 Å². The quantitative estimate of drug-likeness (QED) is 0.826. The van der Waals surface area contributed by atoms with E-state index in [1.807, 2.05) is 6.07 Å². The standard InChI is InChI=1S/C8H11BrN2O2/c1-12-8(13-2)7-5(9)3-4-6(10)11-7/h3-4,8H,1-2H3,(H2,10,11). The lowest BCUT2D eigenvalue weighted by Gasteiger charge is -2.14. The number of ether oxygens (including phenoxy) is 2. The topological polar surface area (TPSA) is 57.4 Å². The predicted molar refractivity (Wildman–Crippen MR) is 53.1 cm³/mol. The molecule has 0 saturated carbocycles. The summed E-state index contributed by atoms with van der Waals surface area (Å²) in [6.07, 6.45) is -0.488. The number of pyridine rings is 1. The van der Waals surface area contributed by atoms with Gasteiger partial charge in [0.2, 0.25) is 6.29 Å². The lowest BCUT2D eigenvalue weighted by molar-refractivity contribution is -0.109. The second kappa shape index (κ2) is 4.55. The van der Waals surface area contributed by atoms with Gasteiger partial charge in [0.25, 0.3) is 0 Å². The summed E-state index contributed by atoms with van der Waals surface area (Å²) in [7, 11) is 3.09. The Bertz CT molecular complexity index is 289. The van der Waals surface area contributed by atoms with Crippen LogP contribution in [0.1, 0.15) is 12.0 Å². The number of aromatic nitrogens is 1. The van der Waals surface area contributed by atoms with Gasteiger partial charge in [-0.2, -0.15) is 0 Å². The lowest BCUT2D eigenvalue weighted by atomic mass is 10.3. The molecule has 0 saturated heterocycles. The first-order valence-electron chi connectivity index (χ1n) is 3.66. The van der Waals surface area contributed by atoms with E-state index in [0.29, 0.717) is 11.5 Å². The molecular weight excluding hydrogens is 236 g/mol. The van der Waals surface area contributed by atoms with Crippen LogP contribution in [0.5, 0.6) is 0 Å². The fourth-order valence-electron chi connectivity index (χ4n) is 0.958. The molecule has 0 aromatic carbocycles. The molecule has 0 atom stereocenters. The molecule has 0 aliphatic carbocycles. The van der Waals surface area contributed by atoms with Crippen molar-refractivity contribution in [2.75, 3.05) is 20.0 Å². The van der Waals surface area contributed by atoms with Gasteiger partial charge in [0, 0.05) is 18.7 Å². The van der Waals surface area contributed by atoms with Crippen molar-refractivity contribution in [3.8, 4) is 0 Å². The van der Waals surface area contributed by atoms with Crippen molar-refractivity contribution < 1.29 is 9.47 Å². The van der Waals surface area contributed by atoms with Crippen molar-refractivity contribution in [2.45, 2.75) is 6.29 Å². The van der Waals surface area contributed by atoms with E-state index in [1.54, 1.807) is 20.3 Å². The second-order valence-corrected chi connectivity index (χ2v) is 3.26. The van der Waals surface area contributed by atoms with Gasteiger partial charge in [-0.15, -0.1) is 0 Å². The Labute approximate surface area is 85.2 Å². The molecule has 0 aliphatic rings. The van der Waals surface area contributed by atoms with E-state index in [2.05, 4.69) is 20.9 Å². The van der Waals surface area contributed by atoms with Gasteiger partial charge in [-0.05, 0) is 28.1 Å². The molecule has 4 nitrogen and oxygen atoms in total. The van der Waals surface area contributed by atoms with E-state index >= 15 is 0 Å². The number of nitrogen functional groups attached to an aromatic ring is 1. The van der Waals surface area contributed by atoms with E-state index in [-0.39, 0.29) is 0 Å². The maximum absolute atomic E-state index is 5.53. The Morgan fingerprint density at radius 1 is 1.38 bits per heavy atom. The van der Waals surface area contributed by atoms with Crippen LogP contribution in [0.25, 0.3) is 0 Å². The zero-order valence-electron chi connectivity index (χ0n) is 7.45. The van der Waals surface area contributed by atoms with Gasteiger partial charge in [-0.3, -0.25) is 0 Å². The summed E-state index contributed by atoms with van der Waals surface area (Å²) < 4.78 is 10.9. The maximum atomic E-state index is 5.53. The molecule has 0 radical (unpaired) electrons. The number of methoxy groups -OCH3 is 2. The summed E-state index contributed by atoms with van der Waals surface area (Å²) in [5.74, 6) is 0.442. The van der Waals surface area contributed by atoms with Gasteiger partial charge in [-0.25, -0.2) is 4.98 Å². The van der Waals surface area contributed by atoms with Crippen LogP contribution in [0.3, 0.4) is 0 Å². The van der Waals surface area contributed by atoms with Crippen LogP contribution in [0, 0.1) is 0 Å². The van der Waals surface area contributed by atoms with E-state index in [4.69, 9.17) is 15.2 Å². The van der Waals surface area contributed by atoms with Gasteiger partial charge >= 0.3 is 0 Å². The van der Waals surface area contributed by atoms with Crippen molar-refractivity contribution in [2.24, 2.45) is 0 Å². The van der Waals surface area contributed by atoms with Crippen LogP contribution in [0.4, 0.5) is 5.82 Å². The first-order chi connectivity index (χ1) is 6.19. The van der Waals surface area contributed by atoms with Gasteiger partial charge in [0.1, 0.15) is 11.5 Å². The summed E-state index contributed by atoms with van der Waals surface area (Å²) in [4.78, 5) is 4.10. The zero-order chi connectivity index (χ0) is 9.84. The molecule has 5 heteroatoms. The second-order valence-electron chi connectivity index (χ2n) is 2.41. The maximum Gasteiger partial charge on any atom is 0.201 e. The minimum Gasteiger partial charge on any atom is -0.384 e. The summed E-state index contributed by atoms with van der Waals surface area (Å²) in [6, 6.07) is 3.51. The number of rotatable bonds is 3. The van der Waals surface area contributed by atoms with Crippen LogP contribution in [0.15, 0.2) is 16.6 Å². The number of hydrogen-bond donors (Lipinski definition) is 1. The number of anilines is 1. The summed E-state index contributed by atoms with van der Waals surface area (Å²) >= 11 is 3.33. The van der Waals surface area contributed by atoms with E-state index in [0.717, 1.165) is 4.47 Å². The Hall–Kier alpha value is -0.650. The fraction of sp³-hybridized carbons (Fsp3) is 0.375. The Balaban J connectivity index is 3.03. The molecule has 0 unspecified atom stereocenters. The highest BCUT2D eigenvalue weighted by Gasteiger charge is 2.14.